The van der Waals surface area contributed by atoms with E-state index in [0.717, 1.165) is 0 Å². The Bertz CT molecular complexity index is 1020. The number of carbonyl (C=O) groups is 2. The van der Waals surface area contributed by atoms with Gasteiger partial charge in [0.2, 0.25) is 5.91 Å². The van der Waals surface area contributed by atoms with Gasteiger partial charge in [0, 0.05) is 29.5 Å². The minimum absolute atomic E-state index is 0.104. The van der Waals surface area contributed by atoms with Gasteiger partial charge in [0.15, 0.2) is 5.96 Å². The summed E-state index contributed by atoms with van der Waals surface area (Å²) in [6.45, 7) is 5.39. The quantitative estimate of drug-likeness (QED) is 0.770. The minimum atomic E-state index is -1.03. The normalized spacial score (nSPS) is 21.0. The third-order valence-corrected chi connectivity index (χ3v) is 6.00. The molecule has 29 heavy (non-hydrogen) atoms. The van der Waals surface area contributed by atoms with Crippen molar-refractivity contribution >= 4 is 46.7 Å². The Morgan fingerprint density at radius 1 is 1.17 bits per heavy atom. The zero-order valence-electron chi connectivity index (χ0n) is 16.5. The van der Waals surface area contributed by atoms with Crippen molar-refractivity contribution in [3.8, 4) is 0 Å². The Morgan fingerprint density at radius 3 is 2.48 bits per heavy atom. The fraction of sp³-hybridized carbons (Fsp3) is 0.300. The van der Waals surface area contributed by atoms with Crippen LogP contribution in [0.3, 0.4) is 0 Å². The highest BCUT2D eigenvalue weighted by Gasteiger charge is 2.53. The van der Waals surface area contributed by atoms with Crippen molar-refractivity contribution in [3.05, 3.63) is 57.8 Å². The lowest BCUT2D eigenvalue weighted by Gasteiger charge is -2.46. The van der Waals surface area contributed by atoms with Gasteiger partial charge in [0.1, 0.15) is 11.2 Å². The van der Waals surface area contributed by atoms with Gasteiger partial charge in [-0.25, -0.2) is 9.98 Å². The van der Waals surface area contributed by atoms with E-state index >= 15 is 0 Å². The third-order valence-electron chi connectivity index (χ3n) is 5.45. The number of benzene rings is 1. The number of nitrogens with zero attached hydrogens (tertiary/aromatic N) is 3. The van der Waals surface area contributed by atoms with Crippen molar-refractivity contribution in [3.63, 3.8) is 0 Å². The molecule has 0 saturated carbocycles. The van der Waals surface area contributed by atoms with Gasteiger partial charge < -0.3 is 11.1 Å². The summed E-state index contributed by atoms with van der Waals surface area (Å²) >= 11 is 12.3. The number of hydrogen-bond acceptors (Lipinski definition) is 5. The molecular formula is C20H21Cl2N5O2. The highest BCUT2D eigenvalue weighted by Crippen LogP contribution is 2.49. The molecule has 152 valence electrons. The smallest absolute Gasteiger partial charge is 0.274 e. The summed E-state index contributed by atoms with van der Waals surface area (Å²) in [6.07, 6.45) is 1.40. The van der Waals surface area contributed by atoms with Crippen LogP contribution in [0.25, 0.3) is 0 Å². The summed E-state index contributed by atoms with van der Waals surface area (Å²) in [4.78, 5) is 35.3. The Kier molecular flexibility index (Phi) is 5.32. The Labute approximate surface area is 178 Å². The fourth-order valence-corrected chi connectivity index (χ4v) is 3.67. The molecule has 7 nitrogen and oxygen atoms in total. The van der Waals surface area contributed by atoms with Crippen LogP contribution in [0.2, 0.25) is 10.0 Å². The van der Waals surface area contributed by atoms with Gasteiger partial charge in [0.05, 0.1) is 10.4 Å². The van der Waals surface area contributed by atoms with Crippen molar-refractivity contribution < 1.29 is 9.59 Å². The summed E-state index contributed by atoms with van der Waals surface area (Å²) in [5.74, 6) is -0.474. The number of aromatic nitrogens is 1. The average Bonchev–Trinajstić information content (AvgIpc) is 2.67. The lowest BCUT2D eigenvalue weighted by atomic mass is 9.67. The van der Waals surface area contributed by atoms with E-state index in [4.69, 9.17) is 28.9 Å². The van der Waals surface area contributed by atoms with E-state index in [-0.39, 0.29) is 17.6 Å². The molecule has 2 amide bonds. The van der Waals surface area contributed by atoms with E-state index in [1.54, 1.807) is 52.1 Å². The van der Waals surface area contributed by atoms with Crippen molar-refractivity contribution in [1.29, 1.82) is 0 Å². The monoisotopic (exact) mass is 433 g/mol. The van der Waals surface area contributed by atoms with Crippen molar-refractivity contribution in [2.75, 3.05) is 12.4 Å². The number of amides is 2. The second-order valence-corrected chi connectivity index (χ2v) is 8.39. The van der Waals surface area contributed by atoms with Gasteiger partial charge in [-0.3, -0.25) is 14.5 Å². The molecule has 2 aromatic rings. The molecule has 0 fully saturated rings. The molecular weight excluding hydrogens is 413 g/mol. The number of nitrogens with two attached hydrogens (primary N) is 1. The first-order chi connectivity index (χ1) is 13.5. The average molecular weight is 434 g/mol. The van der Waals surface area contributed by atoms with Gasteiger partial charge in [-0.2, -0.15) is 0 Å². The van der Waals surface area contributed by atoms with Crippen LogP contribution < -0.4 is 11.1 Å². The standard InChI is InChI=1S/C20H21Cl2N5O2/c1-19(2)17(29)27(4)18(23)26-20(19,3)13-9-12(6-7-14(13)22)25-16(28)15-8-5-11(21)10-24-15/h5-10H,1-4H3,(H2,23,26)(H,25,28)/t20-/m1/s1. The van der Waals surface area contributed by atoms with Gasteiger partial charge in [-0.1, -0.05) is 23.2 Å². The van der Waals surface area contributed by atoms with Crippen LogP contribution in [-0.4, -0.2) is 34.7 Å². The zero-order chi connectivity index (χ0) is 21.6. The summed E-state index contributed by atoms with van der Waals surface area (Å²) in [6, 6.07) is 8.13. The van der Waals surface area contributed by atoms with Crippen LogP contribution in [0, 0.1) is 5.41 Å². The van der Waals surface area contributed by atoms with E-state index in [0.29, 0.717) is 21.3 Å². The first-order valence-electron chi connectivity index (χ1n) is 8.84. The topological polar surface area (TPSA) is 101 Å². The van der Waals surface area contributed by atoms with E-state index in [1.807, 2.05) is 0 Å². The Balaban J connectivity index is 2.02. The maximum atomic E-state index is 12.9. The second kappa shape index (κ2) is 7.31. The first kappa shape index (κ1) is 21.1. The predicted octanol–water partition coefficient (Wildman–Crippen LogP) is 3.67. The molecule has 0 saturated heterocycles. The van der Waals surface area contributed by atoms with E-state index in [1.165, 1.54) is 17.2 Å². The van der Waals surface area contributed by atoms with Crippen LogP contribution in [0.15, 0.2) is 41.5 Å². The Morgan fingerprint density at radius 2 is 1.86 bits per heavy atom. The molecule has 3 rings (SSSR count). The minimum Gasteiger partial charge on any atom is -0.369 e. The van der Waals surface area contributed by atoms with Crippen LogP contribution in [0.1, 0.15) is 36.8 Å². The highest BCUT2D eigenvalue weighted by atomic mass is 35.5. The van der Waals surface area contributed by atoms with Gasteiger partial charge in [0.25, 0.3) is 5.91 Å². The van der Waals surface area contributed by atoms with Crippen molar-refractivity contribution in [2.24, 2.45) is 16.1 Å². The summed E-state index contributed by atoms with van der Waals surface area (Å²) in [5, 5.41) is 3.63. The maximum absolute atomic E-state index is 12.9. The highest BCUT2D eigenvalue weighted by molar-refractivity contribution is 6.31. The van der Waals surface area contributed by atoms with E-state index in [9.17, 15) is 9.59 Å². The first-order valence-corrected chi connectivity index (χ1v) is 9.59. The molecule has 2 heterocycles. The molecule has 0 spiro atoms. The number of nitrogens with one attached hydrogen (secondary N) is 1. The van der Waals surface area contributed by atoms with Crippen LogP contribution >= 0.6 is 23.2 Å². The fourth-order valence-electron chi connectivity index (χ4n) is 3.25. The molecule has 0 bridgehead atoms. The van der Waals surface area contributed by atoms with Crippen LogP contribution in [0.5, 0.6) is 0 Å². The predicted molar refractivity (Wildman–Crippen MR) is 114 cm³/mol. The molecule has 0 aliphatic carbocycles. The van der Waals surface area contributed by atoms with Crippen LogP contribution in [0.4, 0.5) is 5.69 Å². The second-order valence-electron chi connectivity index (χ2n) is 7.54. The summed E-state index contributed by atoms with van der Waals surface area (Å²) in [5.41, 5.74) is 5.32. The lowest BCUT2D eigenvalue weighted by Crippen LogP contribution is -2.58. The largest absolute Gasteiger partial charge is 0.369 e. The van der Waals surface area contributed by atoms with E-state index < -0.39 is 16.9 Å². The number of halogens is 2. The number of aliphatic imine (C=N–C) groups is 1. The number of anilines is 1. The molecule has 1 aromatic heterocycles. The molecule has 1 aliphatic heterocycles. The zero-order valence-corrected chi connectivity index (χ0v) is 18.0. The molecule has 3 N–H and O–H groups in total. The number of rotatable bonds is 3. The molecule has 0 radical (unpaired) electrons. The SMILES string of the molecule is CN1C(=O)C(C)(C)[C@@](C)(c2cc(NC(=O)c3ccc(Cl)cn3)ccc2Cl)N=C1N. The third kappa shape index (κ3) is 3.56. The molecule has 1 aromatic carbocycles. The number of guanidine groups is 1. The Hall–Kier alpha value is -2.64. The summed E-state index contributed by atoms with van der Waals surface area (Å²) in [7, 11) is 1.58. The molecule has 1 atom stereocenters. The molecule has 0 unspecified atom stereocenters. The van der Waals surface area contributed by atoms with Gasteiger partial charge in [-0.15, -0.1) is 0 Å². The van der Waals surface area contributed by atoms with Crippen molar-refractivity contribution in [1.82, 2.24) is 9.88 Å². The number of pyridine rings is 1. The molecule has 1 aliphatic rings. The van der Waals surface area contributed by atoms with Gasteiger partial charge >= 0.3 is 0 Å². The summed E-state index contributed by atoms with van der Waals surface area (Å²) < 4.78 is 0. The lowest BCUT2D eigenvalue weighted by molar-refractivity contribution is -0.140. The number of hydrogen-bond donors (Lipinski definition) is 2. The van der Waals surface area contributed by atoms with Crippen molar-refractivity contribution in [2.45, 2.75) is 26.3 Å². The van der Waals surface area contributed by atoms with E-state index in [2.05, 4.69) is 15.3 Å². The maximum Gasteiger partial charge on any atom is 0.274 e. The van der Waals surface area contributed by atoms with Gasteiger partial charge in [-0.05, 0) is 51.1 Å². The number of carbonyl (C=O) groups excluding carboxylic acids is 2. The van der Waals surface area contributed by atoms with Crippen LogP contribution in [-0.2, 0) is 10.3 Å². The molecule has 9 heteroatoms.